The maximum atomic E-state index is 8.67. The van der Waals surface area contributed by atoms with Crippen LogP contribution in [0, 0.1) is 0 Å². The van der Waals surface area contributed by atoms with Crippen LogP contribution in [0.15, 0.2) is 17.4 Å². The van der Waals surface area contributed by atoms with E-state index in [1.54, 1.807) is 12.3 Å². The summed E-state index contributed by atoms with van der Waals surface area (Å²) in [4.78, 5) is 10.9. The molecule has 0 radical (unpaired) electrons. The lowest BCUT2D eigenvalue weighted by atomic mass is 10.3. The predicted octanol–water partition coefficient (Wildman–Crippen LogP) is 1.34. The minimum absolute atomic E-state index is 0.0184. The van der Waals surface area contributed by atoms with Crippen LogP contribution in [-0.2, 0) is 0 Å². The Morgan fingerprint density at radius 3 is 3.00 bits per heavy atom. The SMILES string of the molecule is CCCCN(c1nccc(/C(N)=N/O)n1)C1CC1. The van der Waals surface area contributed by atoms with Gasteiger partial charge in [0.15, 0.2) is 5.84 Å². The Morgan fingerprint density at radius 2 is 2.39 bits per heavy atom. The first-order valence-electron chi connectivity index (χ1n) is 6.33. The first kappa shape index (κ1) is 12.6. The summed E-state index contributed by atoms with van der Waals surface area (Å²) in [5.41, 5.74) is 6.01. The number of oxime groups is 1. The first-order chi connectivity index (χ1) is 8.76. The van der Waals surface area contributed by atoms with Crippen molar-refractivity contribution in [3.05, 3.63) is 18.0 Å². The van der Waals surface area contributed by atoms with Crippen LogP contribution >= 0.6 is 0 Å². The second-order valence-electron chi connectivity index (χ2n) is 4.51. The third kappa shape index (κ3) is 2.88. The lowest BCUT2D eigenvalue weighted by Gasteiger charge is -2.22. The Labute approximate surface area is 107 Å². The molecule has 1 aliphatic carbocycles. The van der Waals surface area contributed by atoms with Crippen LogP contribution in [0.1, 0.15) is 38.3 Å². The minimum Gasteiger partial charge on any atom is -0.409 e. The fourth-order valence-corrected chi connectivity index (χ4v) is 1.84. The van der Waals surface area contributed by atoms with Gasteiger partial charge in [0.2, 0.25) is 5.95 Å². The summed E-state index contributed by atoms with van der Waals surface area (Å²) >= 11 is 0. The van der Waals surface area contributed by atoms with Crippen LogP contribution in [0.3, 0.4) is 0 Å². The van der Waals surface area contributed by atoms with Crippen molar-refractivity contribution in [1.29, 1.82) is 0 Å². The molecule has 1 aliphatic rings. The Balaban J connectivity index is 2.19. The van der Waals surface area contributed by atoms with Gasteiger partial charge in [0.25, 0.3) is 0 Å². The van der Waals surface area contributed by atoms with Gasteiger partial charge in [-0.2, -0.15) is 0 Å². The number of hydrogen-bond donors (Lipinski definition) is 2. The standard InChI is InChI=1S/C12H19N5O/c1-2-3-8-17(9-4-5-9)12-14-7-6-10(15-12)11(13)16-18/h6-7,9,18H,2-5,8H2,1H3,(H2,13,16). The molecule has 0 unspecified atom stereocenters. The number of nitrogens with two attached hydrogens (primary N) is 1. The highest BCUT2D eigenvalue weighted by Gasteiger charge is 2.30. The second-order valence-corrected chi connectivity index (χ2v) is 4.51. The second kappa shape index (κ2) is 5.66. The number of hydrogen-bond acceptors (Lipinski definition) is 5. The lowest BCUT2D eigenvalue weighted by molar-refractivity contribution is 0.318. The summed E-state index contributed by atoms with van der Waals surface area (Å²) in [5.74, 6) is 0.694. The summed E-state index contributed by atoms with van der Waals surface area (Å²) in [6, 6.07) is 2.20. The molecule has 3 N–H and O–H groups in total. The van der Waals surface area contributed by atoms with Gasteiger partial charge in [0.05, 0.1) is 0 Å². The third-order valence-corrected chi connectivity index (χ3v) is 3.01. The van der Waals surface area contributed by atoms with Gasteiger partial charge in [-0.1, -0.05) is 18.5 Å². The highest BCUT2D eigenvalue weighted by Crippen LogP contribution is 2.29. The molecule has 0 saturated heterocycles. The average molecular weight is 249 g/mol. The molecule has 6 heteroatoms. The van der Waals surface area contributed by atoms with Crippen molar-refractivity contribution in [3.63, 3.8) is 0 Å². The van der Waals surface area contributed by atoms with E-state index in [2.05, 4.69) is 26.9 Å². The molecule has 0 atom stereocenters. The van der Waals surface area contributed by atoms with Crippen molar-refractivity contribution in [2.75, 3.05) is 11.4 Å². The molecule has 0 aromatic carbocycles. The van der Waals surface area contributed by atoms with Gasteiger partial charge >= 0.3 is 0 Å². The van der Waals surface area contributed by atoms with E-state index in [-0.39, 0.29) is 5.84 Å². The Hall–Kier alpha value is -1.85. The van der Waals surface area contributed by atoms with Gasteiger partial charge in [-0.3, -0.25) is 0 Å². The van der Waals surface area contributed by atoms with Gasteiger partial charge in [-0.15, -0.1) is 0 Å². The van der Waals surface area contributed by atoms with Crippen molar-refractivity contribution >= 4 is 11.8 Å². The van der Waals surface area contributed by atoms with Crippen molar-refractivity contribution in [3.8, 4) is 0 Å². The summed E-state index contributed by atoms with van der Waals surface area (Å²) in [6.07, 6.45) is 6.30. The van der Waals surface area contributed by atoms with Crippen LogP contribution in [0.5, 0.6) is 0 Å². The molecular weight excluding hydrogens is 230 g/mol. The van der Waals surface area contributed by atoms with Gasteiger partial charge in [0, 0.05) is 18.8 Å². The third-order valence-electron chi connectivity index (χ3n) is 3.01. The zero-order chi connectivity index (χ0) is 13.0. The van der Waals surface area contributed by atoms with E-state index in [1.165, 1.54) is 12.8 Å². The fraction of sp³-hybridized carbons (Fsp3) is 0.583. The van der Waals surface area contributed by atoms with Crippen LogP contribution in [0.4, 0.5) is 5.95 Å². The van der Waals surface area contributed by atoms with E-state index in [0.29, 0.717) is 17.7 Å². The molecule has 0 aliphatic heterocycles. The van der Waals surface area contributed by atoms with Crippen LogP contribution in [0.2, 0.25) is 0 Å². The van der Waals surface area contributed by atoms with Gasteiger partial charge < -0.3 is 15.8 Å². The quantitative estimate of drug-likeness (QED) is 0.344. The molecule has 1 fully saturated rings. The lowest BCUT2D eigenvalue weighted by Crippen LogP contribution is -2.29. The summed E-state index contributed by atoms with van der Waals surface area (Å²) in [6.45, 7) is 3.12. The molecule has 0 spiro atoms. The van der Waals surface area contributed by atoms with E-state index >= 15 is 0 Å². The van der Waals surface area contributed by atoms with Crippen LogP contribution < -0.4 is 10.6 Å². The zero-order valence-corrected chi connectivity index (χ0v) is 10.6. The van der Waals surface area contributed by atoms with Crippen molar-refractivity contribution in [2.45, 2.75) is 38.6 Å². The number of aromatic nitrogens is 2. The number of rotatable bonds is 6. The topological polar surface area (TPSA) is 87.6 Å². The normalized spacial score (nSPS) is 15.7. The monoisotopic (exact) mass is 249 g/mol. The molecule has 18 heavy (non-hydrogen) atoms. The van der Waals surface area contributed by atoms with Gasteiger partial charge in [-0.25, -0.2) is 9.97 Å². The molecule has 0 bridgehead atoms. The minimum atomic E-state index is 0.0184. The molecule has 1 aromatic rings. The molecule has 1 aromatic heterocycles. The highest BCUT2D eigenvalue weighted by atomic mass is 16.4. The molecule has 6 nitrogen and oxygen atoms in total. The summed E-state index contributed by atoms with van der Waals surface area (Å²) in [7, 11) is 0. The number of amidine groups is 1. The van der Waals surface area contributed by atoms with Crippen molar-refractivity contribution in [1.82, 2.24) is 9.97 Å². The highest BCUT2D eigenvalue weighted by molar-refractivity contribution is 5.95. The molecule has 1 heterocycles. The van der Waals surface area contributed by atoms with E-state index in [9.17, 15) is 0 Å². The van der Waals surface area contributed by atoms with Crippen molar-refractivity contribution in [2.24, 2.45) is 10.9 Å². The summed E-state index contributed by atoms with van der Waals surface area (Å²) < 4.78 is 0. The average Bonchev–Trinajstić information content (AvgIpc) is 3.23. The predicted molar refractivity (Wildman–Crippen MR) is 69.8 cm³/mol. The summed E-state index contributed by atoms with van der Waals surface area (Å²) in [5, 5.41) is 11.6. The maximum Gasteiger partial charge on any atom is 0.226 e. The first-order valence-corrected chi connectivity index (χ1v) is 6.33. The largest absolute Gasteiger partial charge is 0.409 e. The molecule has 0 amide bonds. The number of anilines is 1. The van der Waals surface area contributed by atoms with Crippen LogP contribution in [-0.4, -0.2) is 33.6 Å². The molecule has 2 rings (SSSR count). The fourth-order valence-electron chi connectivity index (χ4n) is 1.84. The van der Waals surface area contributed by atoms with E-state index in [4.69, 9.17) is 10.9 Å². The Kier molecular flexibility index (Phi) is 3.96. The van der Waals surface area contributed by atoms with E-state index in [1.807, 2.05) is 0 Å². The van der Waals surface area contributed by atoms with E-state index in [0.717, 1.165) is 19.4 Å². The molecule has 98 valence electrons. The van der Waals surface area contributed by atoms with E-state index < -0.39 is 0 Å². The number of unbranched alkanes of at least 4 members (excludes halogenated alkanes) is 1. The van der Waals surface area contributed by atoms with Gasteiger partial charge in [0.1, 0.15) is 5.69 Å². The molecular formula is C12H19N5O. The smallest absolute Gasteiger partial charge is 0.226 e. The maximum absolute atomic E-state index is 8.67. The van der Waals surface area contributed by atoms with Crippen LogP contribution in [0.25, 0.3) is 0 Å². The van der Waals surface area contributed by atoms with Gasteiger partial charge in [-0.05, 0) is 25.3 Å². The zero-order valence-electron chi connectivity index (χ0n) is 10.6. The Morgan fingerprint density at radius 1 is 1.61 bits per heavy atom. The Bertz CT molecular complexity index is 430. The number of nitrogens with zero attached hydrogens (tertiary/aromatic N) is 4. The molecule has 1 saturated carbocycles. The van der Waals surface area contributed by atoms with Crippen molar-refractivity contribution < 1.29 is 5.21 Å².